The molecule has 1 atom stereocenters. The van der Waals surface area contributed by atoms with Crippen LogP contribution in [0.1, 0.15) is 27.8 Å². The molecule has 1 unspecified atom stereocenters. The predicted octanol–water partition coefficient (Wildman–Crippen LogP) is 5.74. The molecule has 3 rings (SSSR count). The quantitative estimate of drug-likeness (QED) is 0.660. The van der Waals surface area contributed by atoms with Gasteiger partial charge in [-0.1, -0.05) is 23.2 Å². The molecule has 0 N–H and O–H groups in total. The topological polar surface area (TPSA) is 12.5 Å². The summed E-state index contributed by atoms with van der Waals surface area (Å²) < 4.78 is 6.20. The molecule has 1 aliphatic rings. The summed E-state index contributed by atoms with van der Waals surface area (Å²) in [5, 5.41) is 1.08. The standard InChI is InChI=1S/C16H17Cl2NOS.ClH/c1-10-7-12-15(5-6-19(2)9-16(12)21-10)20-11-3-4-13(17)14(18)8-11;/h3-4,7-8,15H,5-6,9H2,1-2H3;1H. The molecule has 1 aromatic carbocycles. The molecule has 1 aliphatic heterocycles. The van der Waals surface area contributed by atoms with Crippen LogP contribution in [0.3, 0.4) is 0 Å². The lowest BCUT2D eigenvalue weighted by Gasteiger charge is -2.18. The van der Waals surface area contributed by atoms with Crippen molar-refractivity contribution in [3.8, 4) is 5.75 Å². The van der Waals surface area contributed by atoms with E-state index >= 15 is 0 Å². The summed E-state index contributed by atoms with van der Waals surface area (Å²) in [6, 6.07) is 7.70. The maximum atomic E-state index is 6.20. The van der Waals surface area contributed by atoms with E-state index in [4.69, 9.17) is 27.9 Å². The number of thiophene rings is 1. The van der Waals surface area contributed by atoms with Crippen LogP contribution in [0.2, 0.25) is 10.0 Å². The van der Waals surface area contributed by atoms with Gasteiger partial charge in [0.2, 0.25) is 0 Å². The van der Waals surface area contributed by atoms with Gasteiger partial charge in [-0.25, -0.2) is 0 Å². The van der Waals surface area contributed by atoms with Crippen molar-refractivity contribution in [3.05, 3.63) is 49.6 Å². The average Bonchev–Trinajstić information content (AvgIpc) is 2.72. The Morgan fingerprint density at radius 3 is 2.73 bits per heavy atom. The zero-order valence-corrected chi connectivity index (χ0v) is 15.6. The molecule has 1 aromatic heterocycles. The monoisotopic (exact) mass is 377 g/mol. The van der Waals surface area contributed by atoms with Gasteiger partial charge < -0.3 is 9.64 Å². The summed E-state index contributed by atoms with van der Waals surface area (Å²) in [6.07, 6.45) is 1.05. The number of hydrogen-bond donors (Lipinski definition) is 0. The summed E-state index contributed by atoms with van der Waals surface area (Å²) in [5.41, 5.74) is 1.31. The Bertz CT molecular complexity index is 659. The van der Waals surface area contributed by atoms with Gasteiger partial charge in [-0.2, -0.15) is 0 Å². The lowest BCUT2D eigenvalue weighted by molar-refractivity contribution is 0.182. The van der Waals surface area contributed by atoms with Crippen LogP contribution in [0, 0.1) is 6.92 Å². The van der Waals surface area contributed by atoms with Gasteiger partial charge in [0.1, 0.15) is 11.9 Å². The van der Waals surface area contributed by atoms with Gasteiger partial charge in [-0.05, 0) is 32.2 Å². The van der Waals surface area contributed by atoms with Crippen molar-refractivity contribution < 1.29 is 4.74 Å². The molecule has 0 spiro atoms. The van der Waals surface area contributed by atoms with Gasteiger partial charge in [0.05, 0.1) is 10.0 Å². The van der Waals surface area contributed by atoms with Gasteiger partial charge in [0.15, 0.2) is 0 Å². The lowest BCUT2D eigenvalue weighted by atomic mass is 10.1. The van der Waals surface area contributed by atoms with E-state index in [1.54, 1.807) is 12.1 Å². The molecular formula is C16H18Cl3NOS. The molecule has 22 heavy (non-hydrogen) atoms. The second-order valence-corrected chi connectivity index (χ2v) is 7.60. The van der Waals surface area contributed by atoms with E-state index in [0.717, 1.165) is 25.3 Å². The largest absolute Gasteiger partial charge is 0.486 e. The molecule has 2 heterocycles. The highest BCUT2D eigenvalue weighted by Gasteiger charge is 2.24. The Labute approximate surface area is 151 Å². The van der Waals surface area contributed by atoms with Gasteiger partial charge in [-0.15, -0.1) is 23.7 Å². The summed E-state index contributed by atoms with van der Waals surface area (Å²) in [7, 11) is 2.15. The van der Waals surface area contributed by atoms with Crippen LogP contribution in [-0.4, -0.2) is 18.5 Å². The molecule has 6 heteroatoms. The van der Waals surface area contributed by atoms with Gasteiger partial charge in [-0.3, -0.25) is 0 Å². The van der Waals surface area contributed by atoms with Crippen LogP contribution in [0.4, 0.5) is 0 Å². The Hall–Kier alpha value is -0.450. The van der Waals surface area contributed by atoms with Crippen molar-refractivity contribution in [3.63, 3.8) is 0 Å². The minimum absolute atomic E-state index is 0. The van der Waals surface area contributed by atoms with E-state index < -0.39 is 0 Å². The first-order valence-electron chi connectivity index (χ1n) is 6.92. The van der Waals surface area contributed by atoms with E-state index in [9.17, 15) is 0 Å². The van der Waals surface area contributed by atoms with Crippen LogP contribution in [0.5, 0.6) is 5.75 Å². The fraction of sp³-hybridized carbons (Fsp3) is 0.375. The van der Waals surface area contributed by atoms with Crippen molar-refractivity contribution in [1.82, 2.24) is 4.90 Å². The number of benzene rings is 1. The van der Waals surface area contributed by atoms with E-state index in [2.05, 4.69) is 24.9 Å². The van der Waals surface area contributed by atoms with E-state index in [-0.39, 0.29) is 18.5 Å². The van der Waals surface area contributed by atoms with E-state index in [1.807, 2.05) is 17.4 Å². The third-order valence-electron chi connectivity index (χ3n) is 3.67. The van der Waals surface area contributed by atoms with Crippen LogP contribution < -0.4 is 4.74 Å². The highest BCUT2D eigenvalue weighted by Crippen LogP contribution is 2.36. The smallest absolute Gasteiger partial charge is 0.126 e. The maximum Gasteiger partial charge on any atom is 0.126 e. The first kappa shape index (κ1) is 17.9. The molecule has 0 saturated carbocycles. The predicted molar refractivity (Wildman–Crippen MR) is 97.1 cm³/mol. The molecule has 120 valence electrons. The zero-order chi connectivity index (χ0) is 15.0. The fourth-order valence-electron chi connectivity index (χ4n) is 2.63. The molecule has 0 fully saturated rings. The zero-order valence-electron chi connectivity index (χ0n) is 12.4. The first-order valence-corrected chi connectivity index (χ1v) is 8.49. The normalized spacial score (nSPS) is 18.3. The fourth-order valence-corrected chi connectivity index (χ4v) is 4.09. The molecule has 0 aliphatic carbocycles. The Morgan fingerprint density at radius 1 is 1.23 bits per heavy atom. The summed E-state index contributed by atoms with van der Waals surface area (Å²) in [6.45, 7) is 4.16. The molecule has 0 amide bonds. The summed E-state index contributed by atoms with van der Waals surface area (Å²) in [4.78, 5) is 5.07. The molecule has 2 aromatic rings. The molecule has 2 nitrogen and oxygen atoms in total. The molecular weight excluding hydrogens is 361 g/mol. The Balaban J connectivity index is 0.00000176. The Kier molecular flexibility index (Phi) is 6.03. The first-order chi connectivity index (χ1) is 10.0. The summed E-state index contributed by atoms with van der Waals surface area (Å²) >= 11 is 13.9. The minimum atomic E-state index is 0. The highest BCUT2D eigenvalue weighted by molar-refractivity contribution is 7.12. The van der Waals surface area contributed by atoms with Crippen molar-refractivity contribution in [1.29, 1.82) is 0 Å². The molecule has 0 radical (unpaired) electrons. The third kappa shape index (κ3) is 3.90. The van der Waals surface area contributed by atoms with E-state index in [0.29, 0.717) is 10.0 Å². The van der Waals surface area contributed by atoms with Crippen LogP contribution in [0.25, 0.3) is 0 Å². The number of ether oxygens (including phenoxy) is 1. The minimum Gasteiger partial charge on any atom is -0.486 e. The second kappa shape index (κ2) is 7.41. The van der Waals surface area contributed by atoms with Crippen LogP contribution in [-0.2, 0) is 6.54 Å². The molecule has 0 saturated heterocycles. The van der Waals surface area contributed by atoms with Crippen LogP contribution in [0.15, 0.2) is 24.3 Å². The van der Waals surface area contributed by atoms with Gasteiger partial charge >= 0.3 is 0 Å². The number of rotatable bonds is 2. The second-order valence-electron chi connectivity index (χ2n) is 5.44. The third-order valence-corrected chi connectivity index (χ3v) is 5.46. The van der Waals surface area contributed by atoms with Crippen molar-refractivity contribution in [2.24, 2.45) is 0 Å². The highest BCUT2D eigenvalue weighted by atomic mass is 35.5. The maximum absolute atomic E-state index is 6.20. The number of nitrogens with zero attached hydrogens (tertiary/aromatic N) is 1. The lowest BCUT2D eigenvalue weighted by Crippen LogP contribution is -2.18. The van der Waals surface area contributed by atoms with Crippen molar-refractivity contribution in [2.45, 2.75) is 26.0 Å². The molecule has 0 bridgehead atoms. The number of halogens is 3. The van der Waals surface area contributed by atoms with Gasteiger partial charge in [0, 0.05) is 40.9 Å². The average molecular weight is 379 g/mol. The Morgan fingerprint density at radius 2 is 2.00 bits per heavy atom. The number of fused-ring (bicyclic) bond motifs is 1. The van der Waals surface area contributed by atoms with E-state index in [1.165, 1.54) is 15.3 Å². The van der Waals surface area contributed by atoms with Crippen molar-refractivity contribution in [2.75, 3.05) is 13.6 Å². The van der Waals surface area contributed by atoms with Crippen molar-refractivity contribution >= 4 is 46.9 Å². The number of hydrogen-bond acceptors (Lipinski definition) is 3. The van der Waals surface area contributed by atoms with Crippen LogP contribution >= 0.6 is 46.9 Å². The number of aryl methyl sites for hydroxylation is 1. The van der Waals surface area contributed by atoms with Gasteiger partial charge in [0.25, 0.3) is 0 Å². The summed E-state index contributed by atoms with van der Waals surface area (Å²) in [5.74, 6) is 0.772. The SMILES string of the molecule is Cc1cc2c(s1)CN(C)CCC2Oc1ccc(Cl)c(Cl)c1.Cl.